The highest BCUT2D eigenvalue weighted by Gasteiger charge is 2.48. The Balaban J connectivity index is 1.95. The Hall–Kier alpha value is -3.92. The minimum atomic E-state index is -1.27. The van der Waals surface area contributed by atoms with E-state index in [0.29, 0.717) is 5.56 Å². The number of aliphatic hydroxyl groups excluding tert-OH is 1. The van der Waals surface area contributed by atoms with E-state index in [1.165, 1.54) is 51.3 Å². The normalized spacial score (nSPS) is 17.3. The molecular weight excluding hydrogens is 466 g/mol. The standard InChI is InChI=1S/C24H18F2N2O5S/c1-11-7-8-14(10-16(11)26)19(29)17-18(13-5-4-6-15(25)9-13)28(22(31)20(17)30)24-27-12(2)21(34-24)23(32)33-3/h4-10,18,29H,1-3H3/b19-17-. The van der Waals surface area contributed by atoms with Crippen LogP contribution in [0.3, 0.4) is 0 Å². The van der Waals surface area contributed by atoms with Crippen molar-refractivity contribution in [3.05, 3.63) is 86.9 Å². The van der Waals surface area contributed by atoms with Gasteiger partial charge in [-0.2, -0.15) is 0 Å². The molecule has 1 atom stereocenters. The molecule has 4 rings (SSSR count). The Kier molecular flexibility index (Phi) is 6.01. The Morgan fingerprint density at radius 3 is 2.53 bits per heavy atom. The molecule has 2 heterocycles. The number of methoxy groups -OCH3 is 1. The van der Waals surface area contributed by atoms with Crippen molar-refractivity contribution in [1.82, 2.24) is 4.98 Å². The number of aromatic nitrogens is 1. The lowest BCUT2D eigenvalue weighted by atomic mass is 9.95. The fraction of sp³-hybridized carbons (Fsp3) is 0.167. The predicted molar refractivity (Wildman–Crippen MR) is 121 cm³/mol. The van der Waals surface area contributed by atoms with Crippen LogP contribution in [0.2, 0.25) is 0 Å². The molecule has 0 spiro atoms. The van der Waals surface area contributed by atoms with Crippen molar-refractivity contribution in [1.29, 1.82) is 0 Å². The first-order valence-corrected chi connectivity index (χ1v) is 10.8. The van der Waals surface area contributed by atoms with Gasteiger partial charge in [-0.15, -0.1) is 0 Å². The van der Waals surface area contributed by atoms with Gasteiger partial charge in [-0.3, -0.25) is 14.5 Å². The van der Waals surface area contributed by atoms with Crippen molar-refractivity contribution in [2.45, 2.75) is 19.9 Å². The number of ketones is 1. The molecule has 1 N–H and O–H groups in total. The highest BCUT2D eigenvalue weighted by Crippen LogP contribution is 2.44. The molecule has 1 saturated heterocycles. The number of aliphatic hydroxyl groups is 1. The van der Waals surface area contributed by atoms with Gasteiger partial charge in [-0.25, -0.2) is 18.6 Å². The molecule has 10 heteroatoms. The van der Waals surface area contributed by atoms with Gasteiger partial charge in [-0.1, -0.05) is 35.6 Å². The molecule has 2 aromatic carbocycles. The number of anilines is 1. The van der Waals surface area contributed by atoms with Gasteiger partial charge in [0.25, 0.3) is 5.78 Å². The second kappa shape index (κ2) is 8.79. The first-order chi connectivity index (χ1) is 16.1. The van der Waals surface area contributed by atoms with Gasteiger partial charge < -0.3 is 9.84 Å². The number of benzene rings is 2. The summed E-state index contributed by atoms with van der Waals surface area (Å²) < 4.78 is 33.0. The van der Waals surface area contributed by atoms with Crippen LogP contribution in [-0.2, 0) is 14.3 Å². The van der Waals surface area contributed by atoms with Gasteiger partial charge >= 0.3 is 11.9 Å². The number of amides is 1. The molecule has 1 aliphatic heterocycles. The topological polar surface area (TPSA) is 96.8 Å². The van der Waals surface area contributed by atoms with Crippen LogP contribution in [0.15, 0.2) is 48.0 Å². The van der Waals surface area contributed by atoms with Crippen LogP contribution in [-0.4, -0.2) is 34.9 Å². The number of thiazole rings is 1. The summed E-state index contributed by atoms with van der Waals surface area (Å²) in [6.45, 7) is 3.07. The molecule has 0 radical (unpaired) electrons. The van der Waals surface area contributed by atoms with Gasteiger partial charge in [0.1, 0.15) is 22.3 Å². The van der Waals surface area contributed by atoms with Crippen LogP contribution >= 0.6 is 11.3 Å². The maximum atomic E-state index is 14.2. The highest BCUT2D eigenvalue weighted by molar-refractivity contribution is 7.17. The molecule has 1 fully saturated rings. The van der Waals surface area contributed by atoms with Crippen molar-refractivity contribution in [2.24, 2.45) is 0 Å². The Morgan fingerprint density at radius 1 is 1.15 bits per heavy atom. The van der Waals surface area contributed by atoms with Crippen molar-refractivity contribution >= 4 is 39.9 Å². The van der Waals surface area contributed by atoms with Gasteiger partial charge in [0.2, 0.25) is 0 Å². The number of Topliss-reactive ketones (excluding diaryl/α,β-unsaturated/α-hetero) is 1. The zero-order valence-corrected chi connectivity index (χ0v) is 19.1. The minimum absolute atomic E-state index is 0.0107. The van der Waals surface area contributed by atoms with Crippen LogP contribution < -0.4 is 4.90 Å². The summed E-state index contributed by atoms with van der Waals surface area (Å²) >= 11 is 0.821. The average Bonchev–Trinajstić information content (AvgIpc) is 3.31. The van der Waals surface area contributed by atoms with Crippen molar-refractivity contribution in [2.75, 3.05) is 12.0 Å². The van der Waals surface area contributed by atoms with Crippen molar-refractivity contribution in [3.63, 3.8) is 0 Å². The largest absolute Gasteiger partial charge is 0.507 e. The summed E-state index contributed by atoms with van der Waals surface area (Å²) in [5.74, 6) is -4.62. The lowest BCUT2D eigenvalue weighted by Crippen LogP contribution is -2.29. The fourth-order valence-electron chi connectivity index (χ4n) is 3.68. The smallest absolute Gasteiger partial charge is 0.350 e. The van der Waals surface area contributed by atoms with Crippen LogP contribution in [0.25, 0.3) is 5.76 Å². The van der Waals surface area contributed by atoms with Crippen molar-refractivity contribution in [3.8, 4) is 0 Å². The van der Waals surface area contributed by atoms with E-state index in [0.717, 1.165) is 28.4 Å². The van der Waals surface area contributed by atoms with Crippen LogP contribution in [0.1, 0.15) is 38.1 Å². The quantitative estimate of drug-likeness (QED) is 0.254. The molecule has 1 unspecified atom stereocenters. The molecule has 0 aliphatic carbocycles. The third-order valence-corrected chi connectivity index (χ3v) is 6.55. The Morgan fingerprint density at radius 2 is 1.88 bits per heavy atom. The predicted octanol–water partition coefficient (Wildman–Crippen LogP) is 4.45. The van der Waals surface area contributed by atoms with Gasteiger partial charge in [-0.05, 0) is 43.2 Å². The molecule has 34 heavy (non-hydrogen) atoms. The fourth-order valence-corrected chi connectivity index (χ4v) is 4.70. The summed E-state index contributed by atoms with van der Waals surface area (Å²) in [5, 5.41) is 11.0. The molecular formula is C24H18F2N2O5S. The third kappa shape index (κ3) is 3.86. The first kappa shape index (κ1) is 23.2. The van der Waals surface area contributed by atoms with E-state index in [1.807, 2.05) is 0 Å². The number of hydrogen-bond acceptors (Lipinski definition) is 7. The van der Waals surface area contributed by atoms with E-state index in [1.54, 1.807) is 0 Å². The lowest BCUT2D eigenvalue weighted by Gasteiger charge is -2.23. The maximum absolute atomic E-state index is 14.2. The zero-order chi connectivity index (χ0) is 24.7. The molecule has 0 saturated carbocycles. The number of nitrogens with zero attached hydrogens (tertiary/aromatic N) is 2. The number of hydrogen-bond donors (Lipinski definition) is 1. The summed E-state index contributed by atoms with van der Waals surface area (Å²) in [5.41, 5.74) is 0.403. The summed E-state index contributed by atoms with van der Waals surface area (Å²) in [6, 6.07) is 7.79. The van der Waals surface area contributed by atoms with E-state index >= 15 is 0 Å². The van der Waals surface area contributed by atoms with E-state index in [-0.39, 0.29) is 32.4 Å². The van der Waals surface area contributed by atoms with Crippen LogP contribution in [0, 0.1) is 25.5 Å². The molecule has 1 aliphatic rings. The second-order valence-electron chi connectivity index (χ2n) is 7.59. The number of halogens is 2. The number of aryl methyl sites for hydroxylation is 2. The summed E-state index contributed by atoms with van der Waals surface area (Å²) in [4.78, 5) is 43.6. The summed E-state index contributed by atoms with van der Waals surface area (Å²) in [7, 11) is 1.20. The van der Waals surface area contributed by atoms with E-state index in [9.17, 15) is 28.3 Å². The third-order valence-electron chi connectivity index (χ3n) is 5.42. The number of carbonyl (C=O) groups excluding carboxylic acids is 3. The number of carbonyl (C=O) groups is 3. The number of rotatable bonds is 4. The first-order valence-electron chi connectivity index (χ1n) is 10.0. The number of ether oxygens (including phenoxy) is 1. The Bertz CT molecular complexity index is 1380. The average molecular weight is 484 g/mol. The van der Waals surface area contributed by atoms with E-state index in [4.69, 9.17) is 4.74 Å². The van der Waals surface area contributed by atoms with E-state index < -0.39 is 41.1 Å². The lowest BCUT2D eigenvalue weighted by molar-refractivity contribution is -0.132. The second-order valence-corrected chi connectivity index (χ2v) is 8.57. The Labute approximate surface area is 196 Å². The molecule has 3 aromatic rings. The summed E-state index contributed by atoms with van der Waals surface area (Å²) in [6.07, 6.45) is 0. The van der Waals surface area contributed by atoms with E-state index in [2.05, 4.69) is 4.98 Å². The van der Waals surface area contributed by atoms with Gasteiger partial charge in [0.05, 0.1) is 24.4 Å². The molecule has 1 amide bonds. The van der Waals surface area contributed by atoms with Crippen LogP contribution in [0.4, 0.5) is 13.9 Å². The van der Waals surface area contributed by atoms with Crippen LogP contribution in [0.5, 0.6) is 0 Å². The number of esters is 1. The van der Waals surface area contributed by atoms with Crippen molar-refractivity contribution < 1.29 is 33.0 Å². The monoisotopic (exact) mass is 484 g/mol. The highest BCUT2D eigenvalue weighted by atomic mass is 32.1. The minimum Gasteiger partial charge on any atom is -0.507 e. The maximum Gasteiger partial charge on any atom is 0.350 e. The molecule has 174 valence electrons. The molecule has 0 bridgehead atoms. The SMILES string of the molecule is COC(=O)c1sc(N2C(=O)C(=O)/C(=C(\O)c3ccc(C)c(F)c3)C2c2cccc(F)c2)nc1C. The zero-order valence-electron chi connectivity index (χ0n) is 18.3. The molecule has 7 nitrogen and oxygen atoms in total. The molecule has 1 aromatic heterocycles. The van der Waals surface area contributed by atoms with Gasteiger partial charge in [0, 0.05) is 5.56 Å². The van der Waals surface area contributed by atoms with Gasteiger partial charge in [0.15, 0.2) is 5.13 Å².